The van der Waals surface area contributed by atoms with Crippen molar-refractivity contribution in [3.63, 3.8) is 0 Å². The van der Waals surface area contributed by atoms with E-state index in [1.54, 1.807) is 12.1 Å². The van der Waals surface area contributed by atoms with Crippen molar-refractivity contribution in [1.82, 2.24) is 15.0 Å². The summed E-state index contributed by atoms with van der Waals surface area (Å²) in [4.78, 5) is 15.3. The fourth-order valence-electron chi connectivity index (χ4n) is 8.34. The van der Waals surface area contributed by atoms with Gasteiger partial charge in [0, 0.05) is 43.6 Å². The van der Waals surface area contributed by atoms with Crippen LogP contribution in [0, 0.1) is 0 Å². The third-order valence-corrected chi connectivity index (χ3v) is 11.2. The molecule has 280 valence electrons. The molecule has 0 fully saturated rings. The van der Waals surface area contributed by atoms with Crippen molar-refractivity contribution in [1.29, 1.82) is 0 Å². The Morgan fingerprint density at radius 3 is 1.75 bits per heavy atom. The molecule has 0 amide bonds. The molecule has 3 aromatic heterocycles. The van der Waals surface area contributed by atoms with Crippen molar-refractivity contribution in [3.05, 3.63) is 200 Å². The fourth-order valence-corrected chi connectivity index (χ4v) is 8.34. The van der Waals surface area contributed by atoms with E-state index in [4.69, 9.17) is 29.3 Å². The molecule has 0 spiro atoms. The van der Waals surface area contributed by atoms with E-state index in [0.29, 0.717) is 72.5 Å². The average molecular weight is 773 g/mol. The number of hydrogen-bond donors (Lipinski definition) is 0. The summed E-state index contributed by atoms with van der Waals surface area (Å²) < 4.78 is 56.1. The Hall–Kier alpha value is -8.15. The molecule has 12 aromatic rings. The third-order valence-electron chi connectivity index (χ3n) is 11.2. The van der Waals surface area contributed by atoms with E-state index in [1.807, 2.05) is 103 Å². The molecule has 0 aliphatic heterocycles. The number of benzene rings is 9. The van der Waals surface area contributed by atoms with Gasteiger partial charge in [-0.25, -0.2) is 15.0 Å². The van der Waals surface area contributed by atoms with E-state index < -0.39 is 0 Å². The van der Waals surface area contributed by atoms with Crippen molar-refractivity contribution < 1.29 is 15.7 Å². The SMILES string of the molecule is [2H]c1cc2c(ccc3c2oc2cc([2H])c([2H])c(-c4cccc(-c5nc(-c6cccc(-c7ccccc7)c6)nc(-c6ccc7c(c6)oc6cccc(-c8ccccc8)c67)n5)c4)c23)c([2H])c1[2H]. The fraction of sp³-hybridized carbons (Fsp3) is 0. The van der Waals surface area contributed by atoms with E-state index in [-0.39, 0.29) is 30.2 Å². The maximum absolute atomic E-state index is 9.25. The van der Waals surface area contributed by atoms with Crippen LogP contribution in [0.3, 0.4) is 0 Å². The van der Waals surface area contributed by atoms with Crippen LogP contribution >= 0.6 is 0 Å². The topological polar surface area (TPSA) is 65.0 Å². The number of rotatable bonds is 6. The van der Waals surface area contributed by atoms with Crippen LogP contribution in [0.1, 0.15) is 6.85 Å². The molecule has 60 heavy (non-hydrogen) atoms. The van der Waals surface area contributed by atoms with Crippen molar-refractivity contribution in [2.75, 3.05) is 0 Å². The van der Waals surface area contributed by atoms with Crippen molar-refractivity contribution >= 4 is 54.6 Å². The molecule has 0 saturated heterocycles. The van der Waals surface area contributed by atoms with Crippen molar-refractivity contribution in [3.8, 4) is 67.5 Å². The Bertz CT molecular complexity index is 3900. The zero-order valence-electron chi connectivity index (χ0n) is 36.8. The molecule has 5 heteroatoms. The van der Waals surface area contributed by atoms with Crippen LogP contribution in [0.5, 0.6) is 0 Å². The summed E-state index contributed by atoms with van der Waals surface area (Å²) in [5.41, 5.74) is 9.99. The van der Waals surface area contributed by atoms with Crippen LogP contribution in [0.4, 0.5) is 0 Å². The Labute approximate surface area is 351 Å². The Kier molecular flexibility index (Phi) is 6.68. The molecule has 0 saturated carbocycles. The zero-order chi connectivity index (χ0) is 43.9. The van der Waals surface area contributed by atoms with Gasteiger partial charge in [0.15, 0.2) is 17.5 Å². The van der Waals surface area contributed by atoms with Gasteiger partial charge in [0.05, 0.1) is 6.85 Å². The Morgan fingerprint density at radius 2 is 0.967 bits per heavy atom. The van der Waals surface area contributed by atoms with Gasteiger partial charge in [-0.2, -0.15) is 0 Å². The van der Waals surface area contributed by atoms with Gasteiger partial charge in [0.1, 0.15) is 22.3 Å². The average Bonchev–Trinajstić information content (AvgIpc) is 3.92. The molecule has 0 N–H and O–H groups in total. The van der Waals surface area contributed by atoms with Gasteiger partial charge in [-0.1, -0.05) is 158 Å². The normalized spacial score (nSPS) is 12.8. The predicted octanol–water partition coefficient (Wildman–Crippen LogP) is 14.8. The Morgan fingerprint density at radius 1 is 0.350 bits per heavy atom. The molecular weight excluding hydrogens is 735 g/mol. The number of nitrogens with zero attached hydrogens (tertiary/aromatic N) is 3. The first-order valence-corrected chi connectivity index (χ1v) is 19.7. The summed E-state index contributed by atoms with van der Waals surface area (Å²) in [6, 6.07) is 54.8. The highest BCUT2D eigenvalue weighted by atomic mass is 16.3. The highest BCUT2D eigenvalue weighted by Gasteiger charge is 2.19. The minimum atomic E-state index is -0.159. The van der Waals surface area contributed by atoms with Gasteiger partial charge in [0.2, 0.25) is 0 Å². The van der Waals surface area contributed by atoms with Crippen LogP contribution in [-0.2, 0) is 0 Å². The lowest BCUT2D eigenvalue weighted by molar-refractivity contribution is 0.669. The lowest BCUT2D eigenvalue weighted by atomic mass is 9.97. The minimum Gasteiger partial charge on any atom is -0.456 e. The molecule has 12 rings (SSSR count). The van der Waals surface area contributed by atoms with E-state index >= 15 is 0 Å². The van der Waals surface area contributed by atoms with Crippen molar-refractivity contribution in [2.24, 2.45) is 0 Å². The van der Waals surface area contributed by atoms with Crippen LogP contribution < -0.4 is 0 Å². The van der Waals surface area contributed by atoms with Gasteiger partial charge in [-0.3, -0.25) is 0 Å². The molecule has 9 aromatic carbocycles. The summed E-state index contributed by atoms with van der Waals surface area (Å²) >= 11 is 0. The van der Waals surface area contributed by atoms with Crippen molar-refractivity contribution in [2.45, 2.75) is 0 Å². The Balaban J connectivity index is 1.04. The van der Waals surface area contributed by atoms with E-state index in [1.165, 1.54) is 6.07 Å². The monoisotopic (exact) mass is 772 g/mol. The molecule has 3 heterocycles. The first-order chi connectivity index (χ1) is 31.8. The van der Waals surface area contributed by atoms with Gasteiger partial charge in [-0.05, 0) is 81.2 Å². The predicted molar refractivity (Wildman–Crippen MR) is 245 cm³/mol. The van der Waals surface area contributed by atoms with E-state index in [0.717, 1.165) is 49.7 Å². The summed E-state index contributed by atoms with van der Waals surface area (Å²) in [5, 5.41) is 4.35. The van der Waals surface area contributed by atoms with Crippen LogP contribution in [0.2, 0.25) is 0 Å². The van der Waals surface area contributed by atoms with E-state index in [9.17, 15) is 1.37 Å². The highest BCUT2D eigenvalue weighted by Crippen LogP contribution is 2.41. The van der Waals surface area contributed by atoms with Crippen LogP contribution in [0.15, 0.2) is 209 Å². The first-order valence-electron chi connectivity index (χ1n) is 22.2. The molecule has 0 atom stereocenters. The molecule has 0 aliphatic carbocycles. The maximum atomic E-state index is 9.25. The third kappa shape index (κ3) is 5.67. The van der Waals surface area contributed by atoms with Gasteiger partial charge >= 0.3 is 0 Å². The second-order valence-corrected chi connectivity index (χ2v) is 14.8. The quantitative estimate of drug-likeness (QED) is 0.168. The molecule has 0 radical (unpaired) electrons. The number of aromatic nitrogens is 3. The maximum Gasteiger partial charge on any atom is 0.164 e. The standard InChI is InChI=1S/C55H33N3O2/c1-3-13-34(14-4-1)37-18-9-20-39(31-37)53-56-54(58-55(57-53)41-28-29-45-49(33-41)59-47-25-11-23-42(50(45)47)35-15-5-2-6-16-35)40-21-10-19-38(32-40)43-24-12-26-48-51(43)46-30-27-36-17-7-8-22-44(36)52(46)60-48/h1-33H/i7D,8D,12D,17D,24D. The molecule has 0 bridgehead atoms. The highest BCUT2D eigenvalue weighted by molar-refractivity contribution is 6.19. The number of fused-ring (bicyclic) bond motifs is 8. The second kappa shape index (κ2) is 13.8. The summed E-state index contributed by atoms with van der Waals surface area (Å²) in [5.74, 6) is 1.35. The summed E-state index contributed by atoms with van der Waals surface area (Å²) in [6.45, 7) is 0. The molecule has 0 aliphatic rings. The number of hydrogen-bond acceptors (Lipinski definition) is 5. The molecular formula is C55H33N3O2. The number of furan rings is 2. The molecule has 0 unspecified atom stereocenters. The van der Waals surface area contributed by atoms with Crippen LogP contribution in [-0.4, -0.2) is 15.0 Å². The van der Waals surface area contributed by atoms with Crippen LogP contribution in [0.25, 0.3) is 122 Å². The first kappa shape index (κ1) is 29.1. The summed E-state index contributed by atoms with van der Waals surface area (Å²) in [6.07, 6.45) is 0. The molecule has 5 nitrogen and oxygen atoms in total. The van der Waals surface area contributed by atoms with E-state index in [2.05, 4.69) is 48.5 Å². The van der Waals surface area contributed by atoms with Gasteiger partial charge in [0.25, 0.3) is 0 Å². The smallest absolute Gasteiger partial charge is 0.164 e. The minimum absolute atomic E-state index is 0.0167. The van der Waals surface area contributed by atoms with Gasteiger partial charge in [-0.15, -0.1) is 0 Å². The largest absolute Gasteiger partial charge is 0.456 e. The zero-order valence-corrected chi connectivity index (χ0v) is 31.8. The summed E-state index contributed by atoms with van der Waals surface area (Å²) in [7, 11) is 0. The van der Waals surface area contributed by atoms with Gasteiger partial charge < -0.3 is 8.83 Å². The lowest BCUT2D eigenvalue weighted by Crippen LogP contribution is -2.00. The second-order valence-electron chi connectivity index (χ2n) is 14.8. The lowest BCUT2D eigenvalue weighted by Gasteiger charge is -2.11.